The Morgan fingerprint density at radius 3 is 2.63 bits per heavy atom. The minimum absolute atomic E-state index is 0.162. The summed E-state index contributed by atoms with van der Waals surface area (Å²) in [5.41, 5.74) is 0.162. The lowest BCUT2D eigenvalue weighted by Crippen LogP contribution is -2.14. The van der Waals surface area contributed by atoms with Crippen LogP contribution in [0.1, 0.15) is 17.3 Å². The molecule has 1 unspecified atom stereocenters. The van der Waals surface area contributed by atoms with E-state index >= 15 is 0 Å². The van der Waals surface area contributed by atoms with Crippen molar-refractivity contribution in [1.29, 1.82) is 0 Å². The van der Waals surface area contributed by atoms with Crippen molar-refractivity contribution >= 4 is 17.5 Å². The third-order valence-corrected chi connectivity index (χ3v) is 3.56. The predicted octanol–water partition coefficient (Wildman–Crippen LogP) is 3.72. The zero-order valence-electron chi connectivity index (χ0n) is 10.1. The Labute approximate surface area is 113 Å². The van der Waals surface area contributed by atoms with Crippen LogP contribution < -0.4 is 0 Å². The third kappa shape index (κ3) is 3.38. The first-order valence-corrected chi connectivity index (χ1v) is 6.53. The van der Waals surface area contributed by atoms with Gasteiger partial charge in [-0.2, -0.15) is 0 Å². The molecule has 0 aliphatic carbocycles. The largest absolute Gasteiger partial charge is 0.293 e. The van der Waals surface area contributed by atoms with Gasteiger partial charge in [0, 0.05) is 11.8 Å². The van der Waals surface area contributed by atoms with Crippen molar-refractivity contribution in [3.05, 3.63) is 59.8 Å². The molecule has 2 nitrogen and oxygen atoms in total. The Morgan fingerprint density at radius 2 is 2.00 bits per heavy atom. The molecule has 1 aromatic carbocycles. The highest BCUT2D eigenvalue weighted by Crippen LogP contribution is 2.24. The number of aromatic nitrogens is 1. The van der Waals surface area contributed by atoms with E-state index in [2.05, 4.69) is 4.98 Å². The highest BCUT2D eigenvalue weighted by molar-refractivity contribution is 8.00. The number of thioether (sulfide) groups is 1. The molecule has 0 aliphatic rings. The smallest absolute Gasteiger partial charge is 0.176 e. The molecule has 2 rings (SSSR count). The summed E-state index contributed by atoms with van der Waals surface area (Å²) >= 11 is 1.28. The molecule has 0 bridgehead atoms. The fourth-order valence-electron chi connectivity index (χ4n) is 1.54. The van der Waals surface area contributed by atoms with Crippen molar-refractivity contribution in [1.82, 2.24) is 4.98 Å². The first-order valence-electron chi connectivity index (χ1n) is 5.65. The van der Waals surface area contributed by atoms with Crippen LogP contribution in [0.4, 0.5) is 8.78 Å². The van der Waals surface area contributed by atoms with Crippen LogP contribution in [-0.4, -0.2) is 16.0 Å². The Bertz CT molecular complexity index is 589. The number of benzene rings is 1. The summed E-state index contributed by atoms with van der Waals surface area (Å²) in [6.45, 7) is 1.71. The van der Waals surface area contributed by atoms with Gasteiger partial charge in [-0.15, -0.1) is 0 Å². The summed E-state index contributed by atoms with van der Waals surface area (Å²) in [7, 11) is 0. The first-order chi connectivity index (χ1) is 9.08. The van der Waals surface area contributed by atoms with E-state index in [1.54, 1.807) is 25.3 Å². The SMILES string of the molecule is CC(Sc1ccccn1)C(=O)c1ccc(F)c(F)c1. The van der Waals surface area contributed by atoms with Gasteiger partial charge in [0.25, 0.3) is 0 Å². The molecular weight excluding hydrogens is 268 g/mol. The van der Waals surface area contributed by atoms with E-state index in [4.69, 9.17) is 0 Å². The van der Waals surface area contributed by atoms with Crippen LogP contribution in [0, 0.1) is 11.6 Å². The van der Waals surface area contributed by atoms with Crippen LogP contribution in [0.25, 0.3) is 0 Å². The Balaban J connectivity index is 2.12. The van der Waals surface area contributed by atoms with E-state index in [-0.39, 0.29) is 11.3 Å². The maximum atomic E-state index is 13.1. The molecule has 0 spiro atoms. The van der Waals surface area contributed by atoms with Crippen molar-refractivity contribution in [3.8, 4) is 0 Å². The molecule has 0 radical (unpaired) electrons. The van der Waals surface area contributed by atoms with Crippen LogP contribution in [0.15, 0.2) is 47.6 Å². The van der Waals surface area contributed by atoms with E-state index in [1.165, 1.54) is 17.8 Å². The van der Waals surface area contributed by atoms with Crippen molar-refractivity contribution in [3.63, 3.8) is 0 Å². The van der Waals surface area contributed by atoms with E-state index in [0.29, 0.717) is 5.03 Å². The quantitative estimate of drug-likeness (QED) is 0.631. The van der Waals surface area contributed by atoms with Crippen LogP contribution in [0.2, 0.25) is 0 Å². The third-order valence-electron chi connectivity index (χ3n) is 2.51. The Morgan fingerprint density at radius 1 is 1.21 bits per heavy atom. The molecule has 0 fully saturated rings. The lowest BCUT2D eigenvalue weighted by molar-refractivity contribution is 0.0993. The highest BCUT2D eigenvalue weighted by Gasteiger charge is 2.18. The number of ketones is 1. The second-order valence-corrected chi connectivity index (χ2v) is 5.28. The number of nitrogens with zero attached hydrogens (tertiary/aromatic N) is 1. The normalized spacial score (nSPS) is 12.2. The summed E-state index contributed by atoms with van der Waals surface area (Å²) in [6.07, 6.45) is 1.64. The standard InChI is InChI=1S/C14H11F2NOS/c1-9(19-13-4-2-3-7-17-13)14(18)10-5-6-11(15)12(16)8-10/h2-9H,1H3. The lowest BCUT2D eigenvalue weighted by atomic mass is 10.1. The van der Waals surface area contributed by atoms with Gasteiger partial charge < -0.3 is 0 Å². The number of pyridine rings is 1. The molecule has 0 amide bonds. The molecule has 5 heteroatoms. The molecule has 19 heavy (non-hydrogen) atoms. The van der Waals surface area contributed by atoms with Crippen LogP contribution in [0.3, 0.4) is 0 Å². The van der Waals surface area contributed by atoms with Gasteiger partial charge in [-0.05, 0) is 37.3 Å². The van der Waals surface area contributed by atoms with Crippen molar-refractivity contribution in [2.75, 3.05) is 0 Å². The van der Waals surface area contributed by atoms with Gasteiger partial charge >= 0.3 is 0 Å². The molecule has 0 saturated heterocycles. The zero-order chi connectivity index (χ0) is 13.8. The van der Waals surface area contributed by atoms with Crippen LogP contribution in [0.5, 0.6) is 0 Å². The Hall–Kier alpha value is -1.75. The molecule has 0 aliphatic heterocycles. The van der Waals surface area contributed by atoms with Gasteiger partial charge in [0.15, 0.2) is 17.4 Å². The average molecular weight is 279 g/mol. The number of Topliss-reactive ketones (excluding diaryl/α,β-unsaturated/α-hetero) is 1. The highest BCUT2D eigenvalue weighted by atomic mass is 32.2. The number of carbonyl (C=O) groups excluding carboxylic acids is 1. The maximum absolute atomic E-state index is 13.1. The van der Waals surface area contributed by atoms with Gasteiger partial charge in [-0.25, -0.2) is 13.8 Å². The van der Waals surface area contributed by atoms with E-state index < -0.39 is 16.9 Å². The molecule has 2 aromatic rings. The van der Waals surface area contributed by atoms with Gasteiger partial charge in [0.05, 0.1) is 10.3 Å². The van der Waals surface area contributed by atoms with Crippen molar-refractivity contribution in [2.45, 2.75) is 17.2 Å². The second-order valence-electron chi connectivity index (χ2n) is 3.92. The fourth-order valence-corrected chi connectivity index (χ4v) is 2.42. The first kappa shape index (κ1) is 13.7. The monoisotopic (exact) mass is 279 g/mol. The van der Waals surface area contributed by atoms with E-state index in [9.17, 15) is 13.6 Å². The van der Waals surface area contributed by atoms with Crippen LogP contribution >= 0.6 is 11.8 Å². The molecule has 0 saturated carbocycles. The average Bonchev–Trinajstić information content (AvgIpc) is 2.42. The number of halogens is 2. The van der Waals surface area contributed by atoms with Crippen molar-refractivity contribution in [2.24, 2.45) is 0 Å². The van der Waals surface area contributed by atoms with Gasteiger partial charge in [0.2, 0.25) is 0 Å². The summed E-state index contributed by atoms with van der Waals surface area (Å²) in [4.78, 5) is 16.2. The van der Waals surface area contributed by atoms with Gasteiger partial charge in [0.1, 0.15) is 0 Å². The lowest BCUT2D eigenvalue weighted by Gasteiger charge is -2.09. The number of hydrogen-bond donors (Lipinski definition) is 0. The summed E-state index contributed by atoms with van der Waals surface area (Å²) < 4.78 is 25.9. The summed E-state index contributed by atoms with van der Waals surface area (Å²) in [5.74, 6) is -2.22. The molecule has 1 aromatic heterocycles. The molecule has 1 atom stereocenters. The van der Waals surface area contributed by atoms with Gasteiger partial charge in [-0.3, -0.25) is 4.79 Å². The molecular formula is C14H11F2NOS. The van der Waals surface area contributed by atoms with E-state index in [1.807, 2.05) is 6.07 Å². The maximum Gasteiger partial charge on any atom is 0.176 e. The topological polar surface area (TPSA) is 30.0 Å². The second kappa shape index (κ2) is 5.93. The zero-order valence-corrected chi connectivity index (χ0v) is 11.0. The van der Waals surface area contributed by atoms with Crippen LogP contribution in [-0.2, 0) is 0 Å². The Kier molecular flexibility index (Phi) is 4.27. The summed E-state index contributed by atoms with van der Waals surface area (Å²) in [6, 6.07) is 8.57. The molecule has 0 N–H and O–H groups in total. The van der Waals surface area contributed by atoms with E-state index in [0.717, 1.165) is 12.1 Å². The van der Waals surface area contributed by atoms with Gasteiger partial charge in [-0.1, -0.05) is 17.8 Å². The minimum Gasteiger partial charge on any atom is -0.293 e. The number of hydrogen-bond acceptors (Lipinski definition) is 3. The predicted molar refractivity (Wildman–Crippen MR) is 70.2 cm³/mol. The minimum atomic E-state index is -1.01. The fraction of sp³-hybridized carbons (Fsp3) is 0.143. The summed E-state index contributed by atoms with van der Waals surface area (Å²) in [5, 5.41) is 0.297. The molecule has 1 heterocycles. The number of carbonyl (C=O) groups is 1. The molecule has 98 valence electrons. The number of rotatable bonds is 4. The van der Waals surface area contributed by atoms with Crippen molar-refractivity contribution < 1.29 is 13.6 Å².